The van der Waals surface area contributed by atoms with Gasteiger partial charge in [0.2, 0.25) is 0 Å². The molecular weight excluding hydrogens is 310 g/mol. The van der Waals surface area contributed by atoms with Gasteiger partial charge in [-0.25, -0.2) is 9.97 Å². The highest BCUT2D eigenvalue weighted by molar-refractivity contribution is 6.30. The lowest BCUT2D eigenvalue weighted by molar-refractivity contribution is 0.0984. The van der Waals surface area contributed by atoms with E-state index in [0.717, 1.165) is 27.8 Å². The summed E-state index contributed by atoms with van der Waals surface area (Å²) in [4.78, 5) is 21.2. The van der Waals surface area contributed by atoms with Crippen molar-refractivity contribution in [1.29, 1.82) is 0 Å². The van der Waals surface area contributed by atoms with Gasteiger partial charge in [-0.05, 0) is 50.1 Å². The zero-order valence-electron chi connectivity index (χ0n) is 13.6. The van der Waals surface area contributed by atoms with E-state index in [4.69, 9.17) is 11.6 Å². The van der Waals surface area contributed by atoms with Crippen LogP contribution in [-0.4, -0.2) is 20.3 Å². The number of halogens is 1. The second-order valence-electron chi connectivity index (χ2n) is 5.71. The van der Waals surface area contributed by atoms with E-state index in [-0.39, 0.29) is 5.78 Å². The molecule has 4 nitrogen and oxygen atoms in total. The Bertz CT molecular complexity index is 928. The molecule has 0 fully saturated rings. The smallest absolute Gasteiger partial charge is 0.181 e. The van der Waals surface area contributed by atoms with Crippen molar-refractivity contribution in [1.82, 2.24) is 14.5 Å². The standard InChI is InChI=1S/C18H18ClN3O/c1-5-15(23)17-16-11(3)9-22(18(16)21-12(4)20-17)14-7-6-13(19)8-10(14)2/h6-9H,5H2,1-4H3. The maximum atomic E-state index is 12.3. The molecule has 0 aliphatic carbocycles. The third kappa shape index (κ3) is 2.63. The Morgan fingerprint density at radius 3 is 2.57 bits per heavy atom. The number of benzene rings is 1. The summed E-state index contributed by atoms with van der Waals surface area (Å²) in [6.07, 6.45) is 2.43. The molecule has 5 heteroatoms. The lowest BCUT2D eigenvalue weighted by Gasteiger charge is -2.10. The monoisotopic (exact) mass is 327 g/mol. The lowest BCUT2D eigenvalue weighted by atomic mass is 10.1. The largest absolute Gasteiger partial charge is 0.301 e. The predicted molar refractivity (Wildman–Crippen MR) is 92.7 cm³/mol. The van der Waals surface area contributed by atoms with Gasteiger partial charge in [-0.15, -0.1) is 0 Å². The summed E-state index contributed by atoms with van der Waals surface area (Å²) < 4.78 is 2.01. The Labute approximate surface area is 140 Å². The Hall–Kier alpha value is -2.20. The molecule has 0 bridgehead atoms. The van der Waals surface area contributed by atoms with Crippen LogP contribution in [0, 0.1) is 20.8 Å². The number of Topliss-reactive ketones (excluding diaryl/α,β-unsaturated/α-hetero) is 1. The topological polar surface area (TPSA) is 47.8 Å². The molecule has 0 N–H and O–H groups in total. The summed E-state index contributed by atoms with van der Waals surface area (Å²) in [7, 11) is 0. The lowest BCUT2D eigenvalue weighted by Crippen LogP contribution is -2.06. The minimum absolute atomic E-state index is 0.0363. The fourth-order valence-corrected chi connectivity index (χ4v) is 3.08. The summed E-state index contributed by atoms with van der Waals surface area (Å²) in [5, 5.41) is 1.53. The molecule has 0 aliphatic heterocycles. The van der Waals surface area contributed by atoms with E-state index in [9.17, 15) is 4.79 Å². The summed E-state index contributed by atoms with van der Waals surface area (Å²) in [6.45, 7) is 7.65. The molecule has 1 aromatic carbocycles. The van der Waals surface area contributed by atoms with E-state index >= 15 is 0 Å². The number of hydrogen-bond donors (Lipinski definition) is 0. The number of nitrogens with zero attached hydrogens (tertiary/aromatic N) is 3. The first kappa shape index (κ1) is 15.7. The number of hydrogen-bond acceptors (Lipinski definition) is 3. The Morgan fingerprint density at radius 2 is 1.91 bits per heavy atom. The van der Waals surface area contributed by atoms with E-state index < -0.39 is 0 Å². The quantitative estimate of drug-likeness (QED) is 0.661. The SMILES string of the molecule is CCC(=O)c1nc(C)nc2c1c(C)cn2-c1ccc(Cl)cc1C. The maximum absolute atomic E-state index is 12.3. The van der Waals surface area contributed by atoms with Gasteiger partial charge in [0.1, 0.15) is 17.2 Å². The molecule has 0 unspecified atom stereocenters. The summed E-state index contributed by atoms with van der Waals surface area (Å²) in [5.41, 5.74) is 4.32. The van der Waals surface area contributed by atoms with Crippen LogP contribution < -0.4 is 0 Å². The van der Waals surface area contributed by atoms with Crippen LogP contribution in [0.15, 0.2) is 24.4 Å². The molecule has 3 rings (SSSR count). The van der Waals surface area contributed by atoms with E-state index in [2.05, 4.69) is 9.97 Å². The maximum Gasteiger partial charge on any atom is 0.181 e. The van der Waals surface area contributed by atoms with E-state index in [1.54, 1.807) is 0 Å². The van der Waals surface area contributed by atoms with Crippen molar-refractivity contribution in [3.63, 3.8) is 0 Å². The second kappa shape index (κ2) is 5.78. The number of carbonyl (C=O) groups excluding carboxylic acids is 1. The minimum atomic E-state index is 0.0363. The first-order chi connectivity index (χ1) is 10.9. The number of carbonyl (C=O) groups is 1. The highest BCUT2D eigenvalue weighted by Gasteiger charge is 2.19. The van der Waals surface area contributed by atoms with Crippen molar-refractivity contribution in [2.75, 3.05) is 0 Å². The number of aromatic nitrogens is 3. The van der Waals surface area contributed by atoms with Crippen LogP contribution in [0.3, 0.4) is 0 Å². The van der Waals surface area contributed by atoms with Crippen molar-refractivity contribution < 1.29 is 4.79 Å². The van der Waals surface area contributed by atoms with Crippen molar-refractivity contribution in [2.24, 2.45) is 0 Å². The van der Waals surface area contributed by atoms with Crippen molar-refractivity contribution >= 4 is 28.4 Å². The van der Waals surface area contributed by atoms with Crippen LogP contribution in [0.5, 0.6) is 0 Å². The third-order valence-electron chi connectivity index (χ3n) is 3.95. The van der Waals surface area contributed by atoms with Gasteiger partial charge in [0.25, 0.3) is 0 Å². The zero-order chi connectivity index (χ0) is 16.7. The molecule has 0 spiro atoms. The van der Waals surface area contributed by atoms with Crippen LogP contribution in [0.4, 0.5) is 0 Å². The van der Waals surface area contributed by atoms with Gasteiger partial charge in [0.05, 0.1) is 11.1 Å². The van der Waals surface area contributed by atoms with Crippen LogP contribution in [-0.2, 0) is 0 Å². The average Bonchev–Trinajstić information content (AvgIpc) is 2.82. The third-order valence-corrected chi connectivity index (χ3v) is 4.19. The van der Waals surface area contributed by atoms with Crippen molar-refractivity contribution in [3.05, 3.63) is 52.1 Å². The van der Waals surface area contributed by atoms with Gasteiger partial charge in [-0.2, -0.15) is 0 Å². The number of aryl methyl sites for hydroxylation is 3. The average molecular weight is 328 g/mol. The fourth-order valence-electron chi connectivity index (χ4n) is 2.86. The molecule has 0 amide bonds. The van der Waals surface area contributed by atoms with Gasteiger partial charge >= 0.3 is 0 Å². The van der Waals surface area contributed by atoms with Gasteiger partial charge < -0.3 is 4.57 Å². The van der Waals surface area contributed by atoms with Gasteiger partial charge in [-0.3, -0.25) is 4.79 Å². The van der Waals surface area contributed by atoms with Crippen LogP contribution >= 0.6 is 11.6 Å². The molecule has 0 saturated carbocycles. The first-order valence-electron chi connectivity index (χ1n) is 7.58. The Balaban J connectivity index is 2.36. The molecule has 0 aliphatic rings. The first-order valence-corrected chi connectivity index (χ1v) is 7.96. The van der Waals surface area contributed by atoms with E-state index in [1.807, 2.05) is 56.7 Å². The molecular formula is C18H18ClN3O. The van der Waals surface area contributed by atoms with Crippen LogP contribution in [0.25, 0.3) is 16.7 Å². The molecule has 3 aromatic rings. The highest BCUT2D eigenvalue weighted by atomic mass is 35.5. The fraction of sp³-hybridized carbons (Fsp3) is 0.278. The molecule has 2 heterocycles. The highest BCUT2D eigenvalue weighted by Crippen LogP contribution is 2.28. The summed E-state index contributed by atoms with van der Waals surface area (Å²) in [5.74, 6) is 0.634. The molecule has 0 radical (unpaired) electrons. The summed E-state index contributed by atoms with van der Waals surface area (Å²) >= 11 is 6.06. The van der Waals surface area contributed by atoms with E-state index in [0.29, 0.717) is 23.0 Å². The number of fused-ring (bicyclic) bond motifs is 1. The zero-order valence-corrected chi connectivity index (χ0v) is 14.4. The van der Waals surface area contributed by atoms with E-state index in [1.165, 1.54) is 0 Å². The Morgan fingerprint density at radius 1 is 1.17 bits per heavy atom. The van der Waals surface area contributed by atoms with Gasteiger partial charge in [0.15, 0.2) is 5.78 Å². The molecule has 0 saturated heterocycles. The summed E-state index contributed by atoms with van der Waals surface area (Å²) in [6, 6.07) is 5.75. The number of rotatable bonds is 3. The van der Waals surface area contributed by atoms with Crippen molar-refractivity contribution in [3.8, 4) is 5.69 Å². The molecule has 118 valence electrons. The van der Waals surface area contributed by atoms with Gasteiger partial charge in [0, 0.05) is 17.6 Å². The normalized spacial score (nSPS) is 11.2. The molecule has 2 aromatic heterocycles. The number of ketones is 1. The predicted octanol–water partition coefficient (Wildman–Crippen LogP) is 4.59. The molecule has 0 atom stereocenters. The Kier molecular flexibility index (Phi) is 3.94. The second-order valence-corrected chi connectivity index (χ2v) is 6.14. The van der Waals surface area contributed by atoms with Crippen LogP contribution in [0.1, 0.15) is 40.8 Å². The van der Waals surface area contributed by atoms with Crippen molar-refractivity contribution in [2.45, 2.75) is 34.1 Å². The van der Waals surface area contributed by atoms with Crippen LogP contribution in [0.2, 0.25) is 5.02 Å². The van der Waals surface area contributed by atoms with Gasteiger partial charge in [-0.1, -0.05) is 18.5 Å². The minimum Gasteiger partial charge on any atom is -0.301 e. The molecule has 23 heavy (non-hydrogen) atoms.